The molecule has 4 nitrogen and oxygen atoms in total. The van der Waals surface area contributed by atoms with Crippen molar-refractivity contribution < 1.29 is 0 Å². The predicted octanol–water partition coefficient (Wildman–Crippen LogP) is 3.72. The van der Waals surface area contributed by atoms with Gasteiger partial charge in [0.1, 0.15) is 11.0 Å². The normalized spacial score (nSPS) is 11.3. The van der Waals surface area contributed by atoms with E-state index in [1.54, 1.807) is 0 Å². The number of aromatic amines is 1. The first-order chi connectivity index (χ1) is 9.83. The second kappa shape index (κ2) is 8.00. The molecule has 0 bridgehead atoms. The maximum absolute atomic E-state index is 4.25. The predicted molar refractivity (Wildman–Crippen MR) is 83.7 cm³/mol. The summed E-state index contributed by atoms with van der Waals surface area (Å²) in [6.45, 7) is 6.36. The number of nitrogens with one attached hydrogen (secondary N) is 2. The van der Waals surface area contributed by atoms with Crippen LogP contribution >= 0.6 is 0 Å². The van der Waals surface area contributed by atoms with Crippen LogP contribution in [-0.4, -0.2) is 22.0 Å². The Kier molecular flexibility index (Phi) is 5.99. The standard InChI is InChI=1S/C16H26N4/c1-3-4-5-6-7-8-11-17-12-14-13(2)9-10-15-16(14)19-20-18-15/h9-10,17H,3-8,11-12H2,1-2H3,(H,18,19,20). The average molecular weight is 274 g/mol. The first kappa shape index (κ1) is 15.0. The van der Waals surface area contributed by atoms with E-state index in [1.165, 1.54) is 49.7 Å². The van der Waals surface area contributed by atoms with Gasteiger partial charge in [0, 0.05) is 6.54 Å². The second-order valence-electron chi connectivity index (χ2n) is 5.50. The topological polar surface area (TPSA) is 53.6 Å². The van der Waals surface area contributed by atoms with Crippen molar-refractivity contribution in [2.75, 3.05) is 6.54 Å². The lowest BCUT2D eigenvalue weighted by Gasteiger charge is -2.08. The number of fused-ring (bicyclic) bond motifs is 1. The highest BCUT2D eigenvalue weighted by Crippen LogP contribution is 2.17. The molecule has 2 aromatic rings. The molecule has 0 unspecified atom stereocenters. The van der Waals surface area contributed by atoms with Crippen LogP contribution in [-0.2, 0) is 6.54 Å². The van der Waals surface area contributed by atoms with Crippen LogP contribution in [0.25, 0.3) is 11.0 Å². The Hall–Kier alpha value is -1.42. The Morgan fingerprint density at radius 1 is 1.05 bits per heavy atom. The fourth-order valence-electron chi connectivity index (χ4n) is 2.54. The third kappa shape index (κ3) is 4.04. The molecule has 0 spiro atoms. The molecule has 0 radical (unpaired) electrons. The molecule has 0 amide bonds. The quantitative estimate of drug-likeness (QED) is 0.685. The second-order valence-corrected chi connectivity index (χ2v) is 5.50. The average Bonchev–Trinajstić information content (AvgIpc) is 2.92. The lowest BCUT2D eigenvalue weighted by Crippen LogP contribution is -2.15. The number of aromatic nitrogens is 3. The molecule has 0 aliphatic carbocycles. The molecular weight excluding hydrogens is 248 g/mol. The molecular formula is C16H26N4. The molecule has 4 heteroatoms. The van der Waals surface area contributed by atoms with Crippen LogP contribution in [0.2, 0.25) is 0 Å². The van der Waals surface area contributed by atoms with Crippen molar-refractivity contribution in [2.24, 2.45) is 0 Å². The Bertz CT molecular complexity index is 518. The Morgan fingerprint density at radius 2 is 1.85 bits per heavy atom. The molecule has 0 aliphatic heterocycles. The fraction of sp³-hybridized carbons (Fsp3) is 0.625. The van der Waals surface area contributed by atoms with E-state index >= 15 is 0 Å². The Balaban J connectivity index is 1.73. The molecule has 1 aromatic heterocycles. The molecule has 110 valence electrons. The number of rotatable bonds is 9. The highest BCUT2D eigenvalue weighted by molar-refractivity contribution is 5.78. The Morgan fingerprint density at radius 3 is 2.70 bits per heavy atom. The van der Waals surface area contributed by atoms with E-state index in [2.05, 4.69) is 40.6 Å². The van der Waals surface area contributed by atoms with Crippen LogP contribution in [0, 0.1) is 6.92 Å². The van der Waals surface area contributed by atoms with E-state index in [0.29, 0.717) is 0 Å². The van der Waals surface area contributed by atoms with Gasteiger partial charge in [-0.1, -0.05) is 45.1 Å². The lowest BCUT2D eigenvalue weighted by molar-refractivity contribution is 0.572. The summed E-state index contributed by atoms with van der Waals surface area (Å²) < 4.78 is 0. The molecule has 2 N–H and O–H groups in total. The van der Waals surface area contributed by atoms with Crippen molar-refractivity contribution >= 4 is 11.0 Å². The zero-order chi connectivity index (χ0) is 14.2. The molecule has 1 heterocycles. The molecule has 1 aromatic carbocycles. The number of hydrogen-bond acceptors (Lipinski definition) is 3. The van der Waals surface area contributed by atoms with Crippen LogP contribution in [0.15, 0.2) is 12.1 Å². The number of nitrogens with zero attached hydrogens (tertiary/aromatic N) is 2. The van der Waals surface area contributed by atoms with Crippen LogP contribution in [0.5, 0.6) is 0 Å². The minimum atomic E-state index is 0.880. The smallest absolute Gasteiger partial charge is 0.117 e. The summed E-state index contributed by atoms with van der Waals surface area (Å²) in [7, 11) is 0. The number of benzene rings is 1. The third-order valence-electron chi connectivity index (χ3n) is 3.84. The van der Waals surface area contributed by atoms with Crippen molar-refractivity contribution in [3.63, 3.8) is 0 Å². The van der Waals surface area contributed by atoms with Gasteiger partial charge in [-0.25, -0.2) is 0 Å². The molecule has 0 aliphatic rings. The van der Waals surface area contributed by atoms with Crippen molar-refractivity contribution in [3.8, 4) is 0 Å². The largest absolute Gasteiger partial charge is 0.313 e. The van der Waals surface area contributed by atoms with E-state index in [4.69, 9.17) is 0 Å². The lowest BCUT2D eigenvalue weighted by atomic mass is 10.1. The summed E-state index contributed by atoms with van der Waals surface area (Å²) in [5, 5.41) is 14.6. The van der Waals surface area contributed by atoms with Gasteiger partial charge in [-0.3, -0.25) is 0 Å². The highest BCUT2D eigenvalue weighted by atomic mass is 15.3. The maximum atomic E-state index is 4.25. The monoisotopic (exact) mass is 274 g/mol. The van der Waals surface area contributed by atoms with Crippen LogP contribution in [0.3, 0.4) is 0 Å². The number of aryl methyl sites for hydroxylation is 1. The minimum Gasteiger partial charge on any atom is -0.313 e. The summed E-state index contributed by atoms with van der Waals surface area (Å²) in [6, 6.07) is 4.14. The summed E-state index contributed by atoms with van der Waals surface area (Å²) in [5.41, 5.74) is 4.50. The third-order valence-corrected chi connectivity index (χ3v) is 3.84. The molecule has 0 saturated carbocycles. The zero-order valence-corrected chi connectivity index (χ0v) is 12.7. The summed E-state index contributed by atoms with van der Waals surface area (Å²) >= 11 is 0. The van der Waals surface area contributed by atoms with E-state index in [1.807, 2.05) is 6.07 Å². The van der Waals surface area contributed by atoms with Gasteiger partial charge in [0.05, 0.1) is 0 Å². The van der Waals surface area contributed by atoms with Crippen LogP contribution < -0.4 is 5.32 Å². The Labute approximate surface area is 121 Å². The fourth-order valence-corrected chi connectivity index (χ4v) is 2.54. The van der Waals surface area contributed by atoms with Gasteiger partial charge in [0.15, 0.2) is 0 Å². The van der Waals surface area contributed by atoms with Crippen molar-refractivity contribution in [1.29, 1.82) is 0 Å². The molecule has 0 fully saturated rings. The van der Waals surface area contributed by atoms with Gasteiger partial charge in [0.2, 0.25) is 0 Å². The van der Waals surface area contributed by atoms with Gasteiger partial charge >= 0.3 is 0 Å². The van der Waals surface area contributed by atoms with Gasteiger partial charge in [-0.2, -0.15) is 15.4 Å². The van der Waals surface area contributed by atoms with Gasteiger partial charge in [-0.05, 0) is 37.1 Å². The zero-order valence-electron chi connectivity index (χ0n) is 12.7. The number of unbranched alkanes of at least 4 members (excludes halogenated alkanes) is 5. The summed E-state index contributed by atoms with van der Waals surface area (Å²) in [4.78, 5) is 0. The summed E-state index contributed by atoms with van der Waals surface area (Å²) in [6.07, 6.45) is 8.04. The minimum absolute atomic E-state index is 0.880. The molecule has 0 saturated heterocycles. The van der Waals surface area contributed by atoms with Crippen LogP contribution in [0.4, 0.5) is 0 Å². The van der Waals surface area contributed by atoms with Crippen molar-refractivity contribution in [3.05, 3.63) is 23.3 Å². The molecule has 2 rings (SSSR count). The van der Waals surface area contributed by atoms with Gasteiger partial charge < -0.3 is 5.32 Å². The number of H-pyrrole nitrogens is 1. The first-order valence-corrected chi connectivity index (χ1v) is 7.82. The molecule has 0 atom stereocenters. The van der Waals surface area contributed by atoms with Crippen molar-refractivity contribution in [2.45, 2.75) is 58.9 Å². The van der Waals surface area contributed by atoms with E-state index < -0.39 is 0 Å². The van der Waals surface area contributed by atoms with Crippen molar-refractivity contribution in [1.82, 2.24) is 20.7 Å². The highest BCUT2D eigenvalue weighted by Gasteiger charge is 2.07. The van der Waals surface area contributed by atoms with E-state index in [-0.39, 0.29) is 0 Å². The van der Waals surface area contributed by atoms with Gasteiger partial charge in [-0.15, -0.1) is 0 Å². The van der Waals surface area contributed by atoms with E-state index in [0.717, 1.165) is 24.1 Å². The first-order valence-electron chi connectivity index (χ1n) is 7.82. The van der Waals surface area contributed by atoms with Gasteiger partial charge in [0.25, 0.3) is 0 Å². The number of hydrogen-bond donors (Lipinski definition) is 2. The SMILES string of the molecule is CCCCCCCCNCc1c(C)ccc2n[nH]nc12. The molecule has 20 heavy (non-hydrogen) atoms. The van der Waals surface area contributed by atoms with Crippen LogP contribution in [0.1, 0.15) is 56.6 Å². The maximum Gasteiger partial charge on any atom is 0.117 e. The van der Waals surface area contributed by atoms with E-state index in [9.17, 15) is 0 Å². The summed E-state index contributed by atoms with van der Waals surface area (Å²) in [5.74, 6) is 0.